The van der Waals surface area contributed by atoms with Gasteiger partial charge >= 0.3 is 0 Å². The van der Waals surface area contributed by atoms with Crippen LogP contribution in [0, 0.1) is 16.2 Å². The molecule has 3 aliphatic carbocycles. The highest BCUT2D eigenvalue weighted by molar-refractivity contribution is 5.80. The van der Waals surface area contributed by atoms with E-state index in [-0.39, 0.29) is 0 Å². The van der Waals surface area contributed by atoms with E-state index in [0.717, 1.165) is 51.4 Å². The molecule has 0 aromatic rings. The molecule has 0 radical (unpaired) electrons. The average Bonchev–Trinajstić information content (AvgIpc) is 3.04. The molecule has 0 saturated heterocycles. The maximum atomic E-state index is 11.4. The summed E-state index contributed by atoms with van der Waals surface area (Å²) in [4.78, 5) is 33.9. The van der Waals surface area contributed by atoms with Crippen LogP contribution in [0.4, 0.5) is 0 Å². The van der Waals surface area contributed by atoms with Crippen LogP contribution in [0.25, 0.3) is 0 Å². The van der Waals surface area contributed by atoms with E-state index in [9.17, 15) is 14.4 Å². The third-order valence-corrected chi connectivity index (χ3v) is 11.9. The van der Waals surface area contributed by atoms with E-state index >= 15 is 0 Å². The van der Waals surface area contributed by atoms with E-state index in [0.29, 0.717) is 33.6 Å². The first-order valence-electron chi connectivity index (χ1n) is 20.2. The largest absolute Gasteiger partial charge is 0.300 e. The predicted molar refractivity (Wildman–Crippen MR) is 195 cm³/mol. The van der Waals surface area contributed by atoms with Crippen molar-refractivity contribution in [3.63, 3.8) is 0 Å². The van der Waals surface area contributed by atoms with Gasteiger partial charge in [0.25, 0.3) is 0 Å². The molecule has 3 rings (SSSR count). The summed E-state index contributed by atoms with van der Waals surface area (Å²) < 4.78 is 0. The maximum Gasteiger partial charge on any atom is 0.132 e. The Hall–Kier alpha value is -0.990. The molecule has 3 fully saturated rings. The second-order valence-corrected chi connectivity index (χ2v) is 15.7. The Labute approximate surface area is 281 Å². The maximum absolute atomic E-state index is 11.4. The number of hydrogen-bond acceptors (Lipinski definition) is 3. The molecule has 3 aliphatic rings. The van der Waals surface area contributed by atoms with Crippen LogP contribution in [-0.4, -0.2) is 17.3 Å². The highest BCUT2D eigenvalue weighted by Crippen LogP contribution is 2.45. The van der Waals surface area contributed by atoms with Crippen LogP contribution in [0.15, 0.2) is 0 Å². The van der Waals surface area contributed by atoms with Crippen LogP contribution in [-0.2, 0) is 14.4 Å². The lowest BCUT2D eigenvalue weighted by Gasteiger charge is -2.37. The van der Waals surface area contributed by atoms with Gasteiger partial charge in [-0.05, 0) is 93.3 Å². The van der Waals surface area contributed by atoms with Gasteiger partial charge < -0.3 is 0 Å². The van der Waals surface area contributed by atoms with E-state index in [1.54, 1.807) is 0 Å². The van der Waals surface area contributed by atoms with Crippen LogP contribution >= 0.6 is 0 Å². The number of ketones is 3. The highest BCUT2D eigenvalue weighted by atomic mass is 16.1. The summed E-state index contributed by atoms with van der Waals surface area (Å²) in [6, 6.07) is 0. The Balaban J connectivity index is 0.000000341. The summed E-state index contributed by atoms with van der Waals surface area (Å²) in [6.07, 6.45) is 36.2. The quantitative estimate of drug-likeness (QED) is 0.142. The standard InChI is InChI=1S/C16H30O.C14H26O.C12H22O/c1-3-5-7-11-16(12-8-6-4-2)13-9-15(17)10-14-16;1-3-5-9-14(10-6-4-2)11-7-13(15)8-12-14;1-3-7-12(8-4-2)9-5-11(13)6-10-12/h3-14H2,1-2H3;3-12H2,1-2H3;3-10H2,1-2H3. The zero-order valence-corrected chi connectivity index (χ0v) is 31.4. The van der Waals surface area contributed by atoms with Crippen molar-refractivity contribution in [3.8, 4) is 0 Å². The molecule has 3 nitrogen and oxygen atoms in total. The van der Waals surface area contributed by atoms with Gasteiger partial charge in [0.2, 0.25) is 0 Å². The van der Waals surface area contributed by atoms with Crippen molar-refractivity contribution in [2.24, 2.45) is 16.2 Å². The Morgan fingerprint density at radius 2 is 0.578 bits per heavy atom. The molecule has 0 bridgehead atoms. The summed E-state index contributed by atoms with van der Waals surface area (Å²) in [5.41, 5.74) is 1.62. The monoisotopic (exact) mass is 631 g/mol. The van der Waals surface area contributed by atoms with Crippen LogP contribution in [0.2, 0.25) is 0 Å². The van der Waals surface area contributed by atoms with Crippen molar-refractivity contribution in [1.82, 2.24) is 0 Å². The van der Waals surface area contributed by atoms with Gasteiger partial charge in [-0.2, -0.15) is 0 Å². The van der Waals surface area contributed by atoms with Gasteiger partial charge in [0.15, 0.2) is 0 Å². The molecule has 0 spiro atoms. The molecule has 3 heteroatoms. The molecule has 0 aromatic carbocycles. The Morgan fingerprint density at radius 3 is 0.822 bits per heavy atom. The lowest BCUT2D eigenvalue weighted by Crippen LogP contribution is -2.27. The lowest BCUT2D eigenvalue weighted by atomic mass is 9.67. The number of Topliss-reactive ketones (excluding diaryl/α,β-unsaturated/α-hetero) is 3. The van der Waals surface area contributed by atoms with Crippen molar-refractivity contribution in [1.29, 1.82) is 0 Å². The molecule has 3 saturated carbocycles. The summed E-state index contributed by atoms with van der Waals surface area (Å²) in [5, 5.41) is 0. The van der Waals surface area contributed by atoms with Gasteiger partial charge in [0.1, 0.15) is 17.3 Å². The Bertz CT molecular complexity index is 736. The number of carbonyl (C=O) groups is 3. The molecule has 264 valence electrons. The van der Waals surface area contributed by atoms with Gasteiger partial charge in [-0.15, -0.1) is 0 Å². The van der Waals surface area contributed by atoms with Crippen LogP contribution in [0.5, 0.6) is 0 Å². The molecule has 45 heavy (non-hydrogen) atoms. The van der Waals surface area contributed by atoms with E-state index in [2.05, 4.69) is 41.5 Å². The van der Waals surface area contributed by atoms with Crippen molar-refractivity contribution in [3.05, 3.63) is 0 Å². The molecule has 0 atom stereocenters. The zero-order chi connectivity index (χ0) is 33.4. The van der Waals surface area contributed by atoms with Crippen LogP contribution in [0.1, 0.15) is 234 Å². The molecule has 0 amide bonds. The van der Waals surface area contributed by atoms with E-state index < -0.39 is 0 Å². The second-order valence-electron chi connectivity index (χ2n) is 15.7. The van der Waals surface area contributed by atoms with Crippen molar-refractivity contribution in [2.45, 2.75) is 234 Å². The fourth-order valence-electron chi connectivity index (χ4n) is 8.72. The average molecular weight is 631 g/mol. The van der Waals surface area contributed by atoms with Gasteiger partial charge in [0.05, 0.1) is 0 Å². The lowest BCUT2D eigenvalue weighted by molar-refractivity contribution is -0.123. The van der Waals surface area contributed by atoms with Crippen LogP contribution < -0.4 is 0 Å². The molecule has 0 aromatic heterocycles. The predicted octanol–water partition coefficient (Wildman–Crippen LogP) is 13.5. The van der Waals surface area contributed by atoms with Crippen molar-refractivity contribution < 1.29 is 14.4 Å². The van der Waals surface area contributed by atoms with Crippen LogP contribution in [0.3, 0.4) is 0 Å². The molecule has 0 heterocycles. The number of unbranched alkanes of at least 4 members (excludes halogenated alkanes) is 6. The zero-order valence-electron chi connectivity index (χ0n) is 31.4. The SMILES string of the molecule is CCCC1(CCC)CCC(=O)CC1.CCCCC1(CCCC)CCC(=O)CC1.CCCCCC1(CCCCC)CCC(=O)CC1. The third-order valence-electron chi connectivity index (χ3n) is 11.9. The van der Waals surface area contributed by atoms with Crippen molar-refractivity contribution in [2.75, 3.05) is 0 Å². The first-order chi connectivity index (χ1) is 21.7. The summed E-state index contributed by atoms with van der Waals surface area (Å²) in [5.74, 6) is 1.49. The van der Waals surface area contributed by atoms with E-state index in [4.69, 9.17) is 0 Å². The number of carbonyl (C=O) groups excluding carboxylic acids is 3. The molecule has 0 aliphatic heterocycles. The first kappa shape index (κ1) is 42.0. The summed E-state index contributed by atoms with van der Waals surface area (Å²) >= 11 is 0. The Kier molecular flexibility index (Phi) is 22.6. The summed E-state index contributed by atoms with van der Waals surface area (Å²) in [7, 11) is 0. The van der Waals surface area contributed by atoms with Gasteiger partial charge in [0, 0.05) is 38.5 Å². The van der Waals surface area contributed by atoms with E-state index in [1.807, 2.05) is 0 Å². The summed E-state index contributed by atoms with van der Waals surface area (Å²) in [6.45, 7) is 13.6. The normalized spacial score (nSPS) is 20.5. The molecule has 0 unspecified atom stereocenters. The minimum absolute atomic E-state index is 0.489. The number of rotatable bonds is 18. The fraction of sp³-hybridized carbons (Fsp3) is 0.929. The van der Waals surface area contributed by atoms with Gasteiger partial charge in [-0.3, -0.25) is 14.4 Å². The van der Waals surface area contributed by atoms with Crippen molar-refractivity contribution >= 4 is 17.3 Å². The van der Waals surface area contributed by atoms with Gasteiger partial charge in [-0.1, -0.05) is 119 Å². The molecule has 0 N–H and O–H groups in total. The van der Waals surface area contributed by atoms with E-state index in [1.165, 1.54) is 141 Å². The number of hydrogen-bond donors (Lipinski definition) is 0. The minimum Gasteiger partial charge on any atom is -0.300 e. The second kappa shape index (κ2) is 24.2. The topological polar surface area (TPSA) is 51.2 Å². The fourth-order valence-corrected chi connectivity index (χ4v) is 8.72. The smallest absolute Gasteiger partial charge is 0.132 e. The highest BCUT2D eigenvalue weighted by Gasteiger charge is 2.35. The minimum atomic E-state index is 0.489. The Morgan fingerprint density at radius 1 is 0.333 bits per heavy atom. The third kappa shape index (κ3) is 17.1. The van der Waals surface area contributed by atoms with Gasteiger partial charge in [-0.25, -0.2) is 0 Å². The molecular weight excluding hydrogens is 552 g/mol. The first-order valence-corrected chi connectivity index (χ1v) is 20.2. The molecular formula is C42H78O3.